The van der Waals surface area contributed by atoms with E-state index in [1.165, 1.54) is 16.2 Å². The molecule has 3 aromatic rings. The number of fused-ring (bicyclic) bond motifs is 2. The molecule has 37 heavy (non-hydrogen) atoms. The number of aromatic nitrogens is 2. The summed E-state index contributed by atoms with van der Waals surface area (Å²) in [5.74, 6) is -0.614. The number of nitrogens with zero attached hydrogens (tertiary/aromatic N) is 4. The number of thiophene rings is 1. The van der Waals surface area contributed by atoms with Gasteiger partial charge < -0.3 is 14.6 Å². The summed E-state index contributed by atoms with van der Waals surface area (Å²) < 4.78 is 8.70. The first-order valence-corrected chi connectivity index (χ1v) is 12.9. The van der Waals surface area contributed by atoms with Gasteiger partial charge in [-0.05, 0) is 24.5 Å². The predicted molar refractivity (Wildman–Crippen MR) is 141 cm³/mol. The largest absolute Gasteiger partial charge is 0.374 e. The maximum Gasteiger partial charge on any atom is 0.290 e. The van der Waals surface area contributed by atoms with Crippen LogP contribution in [0.1, 0.15) is 24.4 Å². The molecule has 3 aromatic heterocycles. The SMILES string of the molecule is Cc1c([N+](=O)[O-])cc(-c2ccnc3cc(CN4C(=O)C5C(C4=O)C5(C)C)sc23)n1C[C@@H]1CNCCO1.Cl. The summed E-state index contributed by atoms with van der Waals surface area (Å²) in [4.78, 5) is 43.8. The van der Waals surface area contributed by atoms with E-state index in [2.05, 4.69) is 10.3 Å². The van der Waals surface area contributed by atoms with E-state index in [0.717, 1.165) is 32.9 Å². The Morgan fingerprint density at radius 2 is 2.00 bits per heavy atom. The number of nitro groups is 1. The second-order valence-electron chi connectivity index (χ2n) is 10.4. The first-order valence-electron chi connectivity index (χ1n) is 12.1. The fraction of sp³-hybridized carbons (Fsp3) is 0.480. The summed E-state index contributed by atoms with van der Waals surface area (Å²) in [6.07, 6.45) is 1.59. The normalized spacial score (nSPS) is 24.3. The number of carbonyl (C=O) groups is 2. The van der Waals surface area contributed by atoms with E-state index in [0.29, 0.717) is 25.4 Å². The lowest BCUT2D eigenvalue weighted by Crippen LogP contribution is -2.41. The molecule has 0 aromatic carbocycles. The summed E-state index contributed by atoms with van der Waals surface area (Å²) in [5.41, 5.74) is 2.69. The van der Waals surface area contributed by atoms with Crippen molar-refractivity contribution >= 4 is 51.5 Å². The highest BCUT2D eigenvalue weighted by atomic mass is 35.5. The number of nitrogens with one attached hydrogen (secondary N) is 1. The van der Waals surface area contributed by atoms with Gasteiger partial charge in [0.25, 0.3) is 5.69 Å². The Morgan fingerprint density at radius 1 is 1.27 bits per heavy atom. The molecule has 5 heterocycles. The number of halogens is 1. The highest BCUT2D eigenvalue weighted by Gasteiger charge is 2.72. The number of pyridine rings is 1. The quantitative estimate of drug-likeness (QED) is 0.286. The van der Waals surface area contributed by atoms with Gasteiger partial charge >= 0.3 is 0 Å². The van der Waals surface area contributed by atoms with Gasteiger partial charge in [-0.2, -0.15) is 0 Å². The molecule has 1 saturated carbocycles. The van der Waals surface area contributed by atoms with Crippen LogP contribution in [0.5, 0.6) is 0 Å². The molecule has 0 radical (unpaired) electrons. The van der Waals surface area contributed by atoms with E-state index in [9.17, 15) is 19.7 Å². The number of carbonyl (C=O) groups excluding carboxylic acids is 2. The highest BCUT2D eigenvalue weighted by molar-refractivity contribution is 7.19. The Hall–Kier alpha value is -2.86. The van der Waals surface area contributed by atoms with Crippen LogP contribution in [0.4, 0.5) is 5.69 Å². The molecule has 0 spiro atoms. The zero-order valence-corrected chi connectivity index (χ0v) is 22.4. The molecule has 0 bridgehead atoms. The Labute approximate surface area is 223 Å². The van der Waals surface area contributed by atoms with Crippen LogP contribution in [0.2, 0.25) is 0 Å². The maximum atomic E-state index is 12.8. The molecule has 2 saturated heterocycles. The van der Waals surface area contributed by atoms with E-state index >= 15 is 0 Å². The molecule has 3 atom stereocenters. The third-order valence-electron chi connectivity index (χ3n) is 7.87. The third kappa shape index (κ3) is 4.04. The number of likely N-dealkylation sites (tertiary alicyclic amines) is 1. The lowest BCUT2D eigenvalue weighted by Gasteiger charge is -2.25. The van der Waals surface area contributed by atoms with Gasteiger partial charge in [0.05, 0.1) is 64.2 Å². The lowest BCUT2D eigenvalue weighted by molar-refractivity contribution is -0.385. The maximum absolute atomic E-state index is 12.8. The molecule has 3 aliphatic rings. The minimum atomic E-state index is -0.356. The first-order chi connectivity index (χ1) is 17.2. The summed E-state index contributed by atoms with van der Waals surface area (Å²) >= 11 is 1.47. The zero-order valence-electron chi connectivity index (χ0n) is 20.7. The minimum Gasteiger partial charge on any atom is -0.374 e. The fourth-order valence-corrected chi connectivity index (χ4v) is 6.92. The molecule has 2 aliphatic heterocycles. The van der Waals surface area contributed by atoms with Crippen molar-refractivity contribution in [1.29, 1.82) is 0 Å². The average molecular weight is 546 g/mol. The zero-order chi connectivity index (χ0) is 25.4. The first kappa shape index (κ1) is 25.8. The van der Waals surface area contributed by atoms with Gasteiger partial charge in [0.1, 0.15) is 0 Å². The van der Waals surface area contributed by atoms with Crippen LogP contribution in [0, 0.1) is 34.3 Å². The van der Waals surface area contributed by atoms with E-state index < -0.39 is 0 Å². The van der Waals surface area contributed by atoms with Gasteiger partial charge in [0.2, 0.25) is 11.8 Å². The molecular formula is C25H28ClN5O5S. The van der Waals surface area contributed by atoms with Crippen molar-refractivity contribution in [2.75, 3.05) is 19.7 Å². The molecule has 12 heteroatoms. The smallest absolute Gasteiger partial charge is 0.290 e. The topological polar surface area (TPSA) is 120 Å². The van der Waals surface area contributed by atoms with Crippen LogP contribution < -0.4 is 5.32 Å². The molecule has 196 valence electrons. The van der Waals surface area contributed by atoms with E-state index in [-0.39, 0.29) is 64.7 Å². The molecule has 10 nitrogen and oxygen atoms in total. The van der Waals surface area contributed by atoms with E-state index in [4.69, 9.17) is 4.74 Å². The Bertz CT molecular complexity index is 1400. The van der Waals surface area contributed by atoms with Gasteiger partial charge in [0.15, 0.2) is 0 Å². The van der Waals surface area contributed by atoms with Crippen molar-refractivity contribution in [3.05, 3.63) is 45.1 Å². The average Bonchev–Trinajstić information content (AvgIpc) is 3.14. The molecule has 3 fully saturated rings. The monoisotopic (exact) mass is 545 g/mol. The van der Waals surface area contributed by atoms with Crippen molar-refractivity contribution in [3.63, 3.8) is 0 Å². The molecule has 2 amide bonds. The summed E-state index contributed by atoms with van der Waals surface area (Å²) in [7, 11) is 0. The number of imide groups is 1. The number of ether oxygens (including phenoxy) is 1. The highest BCUT2D eigenvalue weighted by Crippen LogP contribution is 2.63. The molecule has 6 rings (SSSR count). The molecule has 1 aliphatic carbocycles. The van der Waals surface area contributed by atoms with E-state index in [1.54, 1.807) is 19.2 Å². The number of hydrogen-bond donors (Lipinski definition) is 1. The number of rotatable bonds is 6. The second kappa shape index (κ2) is 9.16. The Morgan fingerprint density at radius 3 is 2.65 bits per heavy atom. The van der Waals surface area contributed by atoms with Gasteiger partial charge in [-0.25, -0.2) is 0 Å². The molecular weight excluding hydrogens is 518 g/mol. The fourth-order valence-electron chi connectivity index (χ4n) is 5.80. The lowest BCUT2D eigenvalue weighted by atomic mass is 10.1. The second-order valence-corrected chi connectivity index (χ2v) is 11.5. The van der Waals surface area contributed by atoms with Crippen LogP contribution in [0.15, 0.2) is 24.4 Å². The standard InChI is InChI=1S/C25H27N5O5S.ClH/c1-13-18(30(33)34)9-19(28(13)11-14-10-26-6-7-35-14)16-4-5-27-17-8-15(36-22(16)17)12-29-23(31)20-21(24(29)32)25(20,2)3;/h4-5,8-9,14,20-21,26H,6-7,10-12H2,1-3H3;1H/t14-,20?,21?;/m0./s1. The minimum absolute atomic E-state index is 0. The van der Waals surface area contributed by atoms with E-state index in [1.807, 2.05) is 30.5 Å². The summed E-state index contributed by atoms with van der Waals surface area (Å²) in [5, 5.41) is 15.1. The van der Waals surface area contributed by atoms with Crippen LogP contribution in [0.3, 0.4) is 0 Å². The van der Waals surface area contributed by atoms with Crippen molar-refractivity contribution in [3.8, 4) is 11.3 Å². The summed E-state index contributed by atoms with van der Waals surface area (Å²) in [6, 6.07) is 5.38. The Kier molecular flexibility index (Phi) is 6.38. The molecule has 2 unspecified atom stereocenters. The number of morpholine rings is 1. The van der Waals surface area contributed by atoms with Crippen molar-refractivity contribution in [1.82, 2.24) is 19.8 Å². The molecule has 1 N–H and O–H groups in total. The van der Waals surface area contributed by atoms with Gasteiger partial charge in [-0.3, -0.25) is 29.6 Å². The van der Waals surface area contributed by atoms with Gasteiger partial charge in [0, 0.05) is 35.8 Å². The van der Waals surface area contributed by atoms with Crippen LogP contribution >= 0.6 is 23.7 Å². The number of amides is 2. The van der Waals surface area contributed by atoms with Crippen LogP contribution in [0.25, 0.3) is 21.5 Å². The van der Waals surface area contributed by atoms with Crippen molar-refractivity contribution in [2.24, 2.45) is 17.3 Å². The van der Waals surface area contributed by atoms with Crippen LogP contribution in [-0.4, -0.2) is 57.0 Å². The summed E-state index contributed by atoms with van der Waals surface area (Å²) in [6.45, 7) is 8.47. The number of piperidine rings is 1. The van der Waals surface area contributed by atoms with Gasteiger partial charge in [-0.15, -0.1) is 23.7 Å². The third-order valence-corrected chi connectivity index (χ3v) is 9.01. The number of hydrogen-bond acceptors (Lipinski definition) is 8. The van der Waals surface area contributed by atoms with Crippen molar-refractivity contribution in [2.45, 2.75) is 40.0 Å². The van der Waals surface area contributed by atoms with Crippen molar-refractivity contribution < 1.29 is 19.2 Å². The van der Waals surface area contributed by atoms with Gasteiger partial charge in [-0.1, -0.05) is 13.8 Å². The van der Waals surface area contributed by atoms with Crippen LogP contribution in [-0.2, 0) is 27.4 Å². The predicted octanol–water partition coefficient (Wildman–Crippen LogP) is 3.53. The Balaban J connectivity index is 0.00000280.